The lowest BCUT2D eigenvalue weighted by Gasteiger charge is -2.12. The molecule has 0 saturated carbocycles. The van der Waals surface area contributed by atoms with Gasteiger partial charge in [-0.3, -0.25) is 9.59 Å². The van der Waals surface area contributed by atoms with Crippen molar-refractivity contribution in [1.29, 1.82) is 0 Å². The molecule has 1 aliphatic heterocycles. The summed E-state index contributed by atoms with van der Waals surface area (Å²) in [6.45, 7) is 0.777. The smallest absolute Gasteiger partial charge is 0.236 e. The highest BCUT2D eigenvalue weighted by atomic mass is 35.5. The Morgan fingerprint density at radius 3 is 2.77 bits per heavy atom. The van der Waals surface area contributed by atoms with Gasteiger partial charge in [0, 0.05) is 28.0 Å². The first kappa shape index (κ1) is 16.8. The molecule has 6 heteroatoms. The predicted octanol–water partition coefficient (Wildman–Crippen LogP) is 2.52. The van der Waals surface area contributed by atoms with E-state index in [4.69, 9.17) is 11.6 Å². The van der Waals surface area contributed by atoms with Crippen molar-refractivity contribution in [3.05, 3.63) is 64.8 Å². The van der Waals surface area contributed by atoms with Crippen LogP contribution >= 0.6 is 11.6 Å². The largest absolute Gasteiger partial charge is 0.352 e. The number of para-hydroxylation sites is 1. The number of aromatic amines is 1. The molecule has 4 N–H and O–H groups in total. The van der Waals surface area contributed by atoms with Crippen LogP contribution in [0.3, 0.4) is 0 Å². The molecular formula is C20H19ClN3O2+. The number of ketones is 1. The van der Waals surface area contributed by atoms with E-state index >= 15 is 0 Å². The number of carbonyl (C=O) groups is 2. The second-order valence-electron chi connectivity index (χ2n) is 6.53. The van der Waals surface area contributed by atoms with E-state index in [1.807, 2.05) is 29.6 Å². The zero-order chi connectivity index (χ0) is 18.1. The number of aromatic nitrogens is 1. The molecule has 0 aliphatic carbocycles. The minimum absolute atomic E-state index is 0.0139. The third-order valence-corrected chi connectivity index (χ3v) is 5.03. The first-order valence-electron chi connectivity index (χ1n) is 8.64. The van der Waals surface area contributed by atoms with Crippen molar-refractivity contribution in [3.8, 4) is 0 Å². The Morgan fingerprint density at radius 2 is 1.96 bits per heavy atom. The molecule has 26 heavy (non-hydrogen) atoms. The number of hydrogen-bond donors (Lipinski definition) is 3. The molecule has 1 atom stereocenters. The van der Waals surface area contributed by atoms with Crippen molar-refractivity contribution < 1.29 is 14.9 Å². The zero-order valence-electron chi connectivity index (χ0n) is 14.1. The summed E-state index contributed by atoms with van der Waals surface area (Å²) in [7, 11) is 0. The lowest BCUT2D eigenvalue weighted by atomic mass is 10.0. The van der Waals surface area contributed by atoms with Crippen LogP contribution in [0.5, 0.6) is 0 Å². The summed E-state index contributed by atoms with van der Waals surface area (Å²) in [5.41, 5.74) is 3.34. The number of nitrogens with two attached hydrogens (primary N) is 1. The summed E-state index contributed by atoms with van der Waals surface area (Å²) in [5.74, 6) is -0.193. The van der Waals surface area contributed by atoms with Crippen molar-refractivity contribution in [2.45, 2.75) is 18.9 Å². The molecule has 132 valence electrons. The summed E-state index contributed by atoms with van der Waals surface area (Å²) >= 11 is 5.86. The molecule has 1 aromatic heterocycles. The Hall–Kier alpha value is -2.63. The lowest BCUT2D eigenvalue weighted by molar-refractivity contribution is -0.673. The maximum atomic E-state index is 13.0. The van der Waals surface area contributed by atoms with Gasteiger partial charge in [0.2, 0.25) is 11.7 Å². The van der Waals surface area contributed by atoms with Gasteiger partial charge in [0.1, 0.15) is 0 Å². The number of quaternary nitrogens is 1. The van der Waals surface area contributed by atoms with Gasteiger partial charge >= 0.3 is 0 Å². The Bertz CT molecular complexity index is 978. The third kappa shape index (κ3) is 3.23. The van der Waals surface area contributed by atoms with Crippen molar-refractivity contribution in [2.24, 2.45) is 0 Å². The first-order chi connectivity index (χ1) is 12.6. The molecule has 1 aliphatic rings. The molecular weight excluding hydrogens is 350 g/mol. The summed E-state index contributed by atoms with van der Waals surface area (Å²) < 4.78 is 0. The van der Waals surface area contributed by atoms with Crippen molar-refractivity contribution in [2.75, 3.05) is 11.9 Å². The number of halogens is 1. The van der Waals surface area contributed by atoms with Crippen LogP contribution < -0.4 is 10.6 Å². The number of anilines is 1. The van der Waals surface area contributed by atoms with Crippen LogP contribution in [0, 0.1) is 0 Å². The number of benzene rings is 2. The summed E-state index contributed by atoms with van der Waals surface area (Å²) in [6, 6.07) is 14.4. The average molecular weight is 369 g/mol. The molecule has 2 aromatic carbocycles. The van der Waals surface area contributed by atoms with Gasteiger partial charge in [0.15, 0.2) is 6.04 Å². The molecule has 0 spiro atoms. The number of amides is 1. The Labute approximate surface area is 155 Å². The van der Waals surface area contributed by atoms with Gasteiger partial charge in [-0.25, -0.2) is 0 Å². The Balaban J connectivity index is 1.53. The molecule has 0 unspecified atom stereocenters. The fourth-order valence-electron chi connectivity index (χ4n) is 3.51. The van der Waals surface area contributed by atoms with Crippen molar-refractivity contribution in [3.63, 3.8) is 0 Å². The molecule has 2 heterocycles. The Morgan fingerprint density at radius 1 is 1.19 bits per heavy atom. The number of nitrogens with one attached hydrogen (secondary N) is 2. The molecule has 3 aromatic rings. The van der Waals surface area contributed by atoms with Gasteiger partial charge in [-0.1, -0.05) is 29.8 Å². The average Bonchev–Trinajstić information content (AvgIpc) is 2.94. The lowest BCUT2D eigenvalue weighted by Crippen LogP contribution is -2.92. The van der Waals surface area contributed by atoms with Crippen LogP contribution in [0.2, 0.25) is 5.02 Å². The number of Topliss-reactive ketones (excluding diaryl/α,β-unsaturated/α-hetero) is 1. The van der Waals surface area contributed by atoms with E-state index in [1.165, 1.54) is 0 Å². The molecule has 0 saturated heterocycles. The van der Waals surface area contributed by atoms with Crippen LogP contribution in [0.1, 0.15) is 22.5 Å². The van der Waals surface area contributed by atoms with E-state index in [0.29, 0.717) is 16.4 Å². The number of hydrogen-bond acceptors (Lipinski definition) is 2. The van der Waals surface area contributed by atoms with Gasteiger partial charge in [-0.15, -0.1) is 0 Å². The quantitative estimate of drug-likeness (QED) is 0.664. The highest BCUT2D eigenvalue weighted by Crippen LogP contribution is 2.25. The van der Waals surface area contributed by atoms with Gasteiger partial charge in [0.25, 0.3) is 0 Å². The van der Waals surface area contributed by atoms with Crippen LogP contribution in [0.25, 0.3) is 10.9 Å². The highest BCUT2D eigenvalue weighted by molar-refractivity contribution is 6.30. The second kappa shape index (κ2) is 6.94. The number of fused-ring (bicyclic) bond motifs is 3. The fraction of sp³-hybridized carbons (Fsp3) is 0.200. The van der Waals surface area contributed by atoms with E-state index in [2.05, 4.69) is 10.3 Å². The number of rotatable bonds is 3. The van der Waals surface area contributed by atoms with Crippen LogP contribution in [-0.2, 0) is 11.2 Å². The van der Waals surface area contributed by atoms with Crippen molar-refractivity contribution >= 4 is 39.9 Å². The summed E-state index contributed by atoms with van der Waals surface area (Å²) in [6.07, 6.45) is 0.941. The van der Waals surface area contributed by atoms with E-state index < -0.39 is 6.04 Å². The first-order valence-corrected chi connectivity index (χ1v) is 9.02. The van der Waals surface area contributed by atoms with Gasteiger partial charge in [-0.05, 0) is 35.9 Å². The van der Waals surface area contributed by atoms with Gasteiger partial charge in [0.05, 0.1) is 18.7 Å². The topological polar surface area (TPSA) is 78.6 Å². The van der Waals surface area contributed by atoms with E-state index in [-0.39, 0.29) is 18.1 Å². The van der Waals surface area contributed by atoms with E-state index in [0.717, 1.165) is 29.4 Å². The van der Waals surface area contributed by atoms with Gasteiger partial charge < -0.3 is 15.6 Å². The predicted molar refractivity (Wildman–Crippen MR) is 102 cm³/mol. The van der Waals surface area contributed by atoms with Gasteiger partial charge in [-0.2, -0.15) is 0 Å². The molecule has 0 fully saturated rings. The second-order valence-corrected chi connectivity index (χ2v) is 6.96. The monoisotopic (exact) mass is 368 g/mol. The standard InChI is InChI=1S/C20H18ClN3O2/c21-12-5-7-13(8-6-12)23-18(25)11-17-20(26)19-15(9-10-22-17)14-3-1-2-4-16(14)24-19/h1-8,17,22,24H,9-11H2,(H,23,25)/p+1/t17-/m1/s1. The summed E-state index contributed by atoms with van der Waals surface area (Å²) in [5, 5.41) is 6.50. The highest BCUT2D eigenvalue weighted by Gasteiger charge is 2.32. The molecule has 5 nitrogen and oxygen atoms in total. The Kier molecular flexibility index (Phi) is 4.49. The van der Waals surface area contributed by atoms with E-state index in [9.17, 15) is 9.59 Å². The number of carbonyl (C=O) groups excluding carboxylic acids is 2. The number of H-pyrrole nitrogens is 1. The SMILES string of the molecule is O=C(C[C@H]1[NH2+]CCc2c([nH]c3ccccc23)C1=O)Nc1ccc(Cl)cc1. The fourth-order valence-corrected chi connectivity index (χ4v) is 3.64. The summed E-state index contributed by atoms with van der Waals surface area (Å²) in [4.78, 5) is 28.6. The molecule has 0 bridgehead atoms. The maximum absolute atomic E-state index is 13.0. The minimum atomic E-state index is -0.420. The van der Waals surface area contributed by atoms with E-state index in [1.54, 1.807) is 24.3 Å². The zero-order valence-corrected chi connectivity index (χ0v) is 14.8. The molecule has 1 amide bonds. The van der Waals surface area contributed by atoms with Crippen LogP contribution in [0.15, 0.2) is 48.5 Å². The van der Waals surface area contributed by atoms with Crippen LogP contribution in [0.4, 0.5) is 5.69 Å². The molecule has 0 radical (unpaired) electrons. The minimum Gasteiger partial charge on any atom is -0.352 e. The maximum Gasteiger partial charge on any atom is 0.236 e. The van der Waals surface area contributed by atoms with Crippen molar-refractivity contribution in [1.82, 2.24) is 4.98 Å². The molecule has 4 rings (SSSR count). The van der Waals surface area contributed by atoms with Crippen LogP contribution in [-0.4, -0.2) is 29.3 Å². The normalized spacial score (nSPS) is 17.0. The third-order valence-electron chi connectivity index (χ3n) is 4.78.